The van der Waals surface area contributed by atoms with E-state index in [4.69, 9.17) is 19.2 Å². The van der Waals surface area contributed by atoms with Crippen LogP contribution in [0.4, 0.5) is 0 Å². The van der Waals surface area contributed by atoms with E-state index in [1.807, 2.05) is 24.3 Å². The lowest BCUT2D eigenvalue weighted by Gasteiger charge is -2.15. The van der Waals surface area contributed by atoms with Crippen LogP contribution in [0.15, 0.2) is 41.2 Å². The van der Waals surface area contributed by atoms with Crippen molar-refractivity contribution in [2.75, 3.05) is 21.3 Å². The number of aryl methyl sites for hydroxylation is 1. The van der Waals surface area contributed by atoms with Gasteiger partial charge in [-0.3, -0.25) is 9.36 Å². The monoisotopic (exact) mass is 354 g/mol. The molecule has 0 fully saturated rings. The normalized spacial score (nSPS) is 10.8. The molecule has 0 aliphatic heterocycles. The van der Waals surface area contributed by atoms with E-state index in [2.05, 4.69) is 6.92 Å². The second-order valence-corrected chi connectivity index (χ2v) is 5.84. The van der Waals surface area contributed by atoms with Crippen molar-refractivity contribution >= 4 is 10.9 Å². The molecule has 1 aromatic heterocycles. The quantitative estimate of drug-likeness (QED) is 0.679. The van der Waals surface area contributed by atoms with Crippen molar-refractivity contribution in [3.63, 3.8) is 0 Å². The second-order valence-electron chi connectivity index (χ2n) is 5.84. The minimum Gasteiger partial charge on any atom is -0.497 e. The summed E-state index contributed by atoms with van der Waals surface area (Å²) in [5.74, 6) is 2.48. The highest BCUT2D eigenvalue weighted by molar-refractivity contribution is 5.86. The van der Waals surface area contributed by atoms with Gasteiger partial charge in [-0.25, -0.2) is 4.98 Å². The zero-order chi connectivity index (χ0) is 18.7. The molecule has 0 spiro atoms. The Kier molecular flexibility index (Phi) is 5.11. The summed E-state index contributed by atoms with van der Waals surface area (Å²) in [4.78, 5) is 18.1. The van der Waals surface area contributed by atoms with E-state index in [0.717, 1.165) is 17.9 Å². The lowest BCUT2D eigenvalue weighted by molar-refractivity contribution is 0.397. The van der Waals surface area contributed by atoms with Gasteiger partial charge >= 0.3 is 0 Å². The average Bonchev–Trinajstić information content (AvgIpc) is 2.67. The number of ether oxygens (including phenoxy) is 3. The van der Waals surface area contributed by atoms with Crippen molar-refractivity contribution in [3.8, 4) is 22.9 Å². The van der Waals surface area contributed by atoms with Gasteiger partial charge in [0.2, 0.25) is 0 Å². The van der Waals surface area contributed by atoms with Crippen LogP contribution in [0.2, 0.25) is 0 Å². The van der Waals surface area contributed by atoms with E-state index in [-0.39, 0.29) is 5.56 Å². The van der Waals surface area contributed by atoms with Crippen molar-refractivity contribution < 1.29 is 14.2 Å². The summed E-state index contributed by atoms with van der Waals surface area (Å²) in [6.07, 6.45) is 1.55. The Bertz CT molecular complexity index is 978. The molecule has 0 amide bonds. The Balaban J connectivity index is 2.34. The van der Waals surface area contributed by atoms with E-state index in [1.165, 1.54) is 7.11 Å². The minimum atomic E-state index is -0.164. The number of methoxy groups -OCH3 is 3. The standard InChI is InChI=1S/C20H22N2O4/c1-5-6-18-21-16-11-15(25-3)12-17(26-4)19(16)20(23)22(18)13-7-9-14(24-2)10-8-13/h7-12H,5-6H2,1-4H3. The topological polar surface area (TPSA) is 62.6 Å². The summed E-state index contributed by atoms with van der Waals surface area (Å²) in [6, 6.07) is 10.8. The molecule has 0 saturated carbocycles. The maximum absolute atomic E-state index is 13.3. The predicted octanol–water partition coefficient (Wildman–Crippen LogP) is 3.36. The Morgan fingerprint density at radius 2 is 1.65 bits per heavy atom. The van der Waals surface area contributed by atoms with Crippen LogP contribution in [0.3, 0.4) is 0 Å². The van der Waals surface area contributed by atoms with Gasteiger partial charge in [0, 0.05) is 18.6 Å². The molecule has 0 unspecified atom stereocenters. The van der Waals surface area contributed by atoms with Crippen molar-refractivity contribution in [2.45, 2.75) is 19.8 Å². The summed E-state index contributed by atoms with van der Waals surface area (Å²) in [5.41, 5.74) is 1.15. The molecule has 2 aromatic carbocycles. The van der Waals surface area contributed by atoms with Crippen LogP contribution in [0, 0.1) is 0 Å². The molecule has 6 heteroatoms. The molecule has 0 bridgehead atoms. The molecule has 0 aliphatic carbocycles. The molecule has 0 radical (unpaired) electrons. The third kappa shape index (κ3) is 3.10. The molecule has 0 N–H and O–H groups in total. The van der Waals surface area contributed by atoms with Crippen molar-refractivity contribution in [1.82, 2.24) is 9.55 Å². The average molecular weight is 354 g/mol. The van der Waals surface area contributed by atoms with Gasteiger partial charge in [-0.05, 0) is 30.7 Å². The molecule has 3 rings (SSSR count). The first-order valence-electron chi connectivity index (χ1n) is 8.45. The number of fused-ring (bicyclic) bond motifs is 1. The maximum Gasteiger partial charge on any atom is 0.269 e. The zero-order valence-corrected chi connectivity index (χ0v) is 15.4. The molecule has 0 saturated heterocycles. The first-order valence-corrected chi connectivity index (χ1v) is 8.45. The maximum atomic E-state index is 13.3. The number of hydrogen-bond acceptors (Lipinski definition) is 5. The molecular formula is C20H22N2O4. The summed E-state index contributed by atoms with van der Waals surface area (Å²) >= 11 is 0. The van der Waals surface area contributed by atoms with Gasteiger partial charge in [0.05, 0.1) is 32.5 Å². The van der Waals surface area contributed by atoms with Gasteiger partial charge in [-0.2, -0.15) is 0 Å². The van der Waals surface area contributed by atoms with Crippen molar-refractivity contribution in [2.24, 2.45) is 0 Å². The summed E-state index contributed by atoms with van der Waals surface area (Å²) in [6.45, 7) is 2.06. The van der Waals surface area contributed by atoms with Crippen LogP contribution < -0.4 is 19.8 Å². The molecule has 1 heterocycles. The predicted molar refractivity (Wildman–Crippen MR) is 101 cm³/mol. The first-order chi connectivity index (χ1) is 12.6. The lowest BCUT2D eigenvalue weighted by Crippen LogP contribution is -2.24. The molecule has 0 aliphatic rings. The minimum absolute atomic E-state index is 0.164. The van der Waals surface area contributed by atoms with Gasteiger partial charge < -0.3 is 14.2 Å². The van der Waals surface area contributed by atoms with Gasteiger partial charge in [-0.15, -0.1) is 0 Å². The van der Waals surface area contributed by atoms with E-state index in [9.17, 15) is 4.79 Å². The van der Waals surface area contributed by atoms with E-state index in [1.54, 1.807) is 30.9 Å². The lowest BCUT2D eigenvalue weighted by atomic mass is 10.2. The van der Waals surface area contributed by atoms with Gasteiger partial charge in [-0.1, -0.05) is 6.92 Å². The van der Waals surface area contributed by atoms with Crippen molar-refractivity contribution in [3.05, 3.63) is 52.6 Å². The Morgan fingerprint density at radius 1 is 0.962 bits per heavy atom. The fraction of sp³-hybridized carbons (Fsp3) is 0.300. The van der Waals surface area contributed by atoms with Crippen LogP contribution in [0.5, 0.6) is 17.2 Å². The highest BCUT2D eigenvalue weighted by Crippen LogP contribution is 2.29. The third-order valence-corrected chi connectivity index (χ3v) is 4.24. The molecule has 0 atom stereocenters. The van der Waals surface area contributed by atoms with Crippen LogP contribution in [0.1, 0.15) is 19.2 Å². The highest BCUT2D eigenvalue weighted by Gasteiger charge is 2.17. The number of nitrogens with zero attached hydrogens (tertiary/aromatic N) is 2. The fourth-order valence-corrected chi connectivity index (χ4v) is 2.97. The van der Waals surface area contributed by atoms with E-state index < -0.39 is 0 Å². The van der Waals surface area contributed by atoms with Crippen molar-refractivity contribution in [1.29, 1.82) is 0 Å². The molecule has 136 valence electrons. The Hall–Kier alpha value is -3.02. The smallest absolute Gasteiger partial charge is 0.269 e. The molecule has 3 aromatic rings. The van der Waals surface area contributed by atoms with Crippen LogP contribution in [-0.4, -0.2) is 30.9 Å². The second kappa shape index (κ2) is 7.47. The van der Waals surface area contributed by atoms with E-state index >= 15 is 0 Å². The SMILES string of the molecule is CCCc1nc2cc(OC)cc(OC)c2c(=O)n1-c1ccc(OC)cc1. The van der Waals surface area contributed by atoms with Crippen LogP contribution in [-0.2, 0) is 6.42 Å². The number of hydrogen-bond donors (Lipinski definition) is 0. The fourth-order valence-electron chi connectivity index (χ4n) is 2.97. The number of benzene rings is 2. The summed E-state index contributed by atoms with van der Waals surface area (Å²) in [7, 11) is 4.72. The number of aromatic nitrogens is 2. The van der Waals surface area contributed by atoms with Crippen LogP contribution >= 0.6 is 0 Å². The van der Waals surface area contributed by atoms with Gasteiger partial charge in [0.15, 0.2) is 0 Å². The summed E-state index contributed by atoms with van der Waals surface area (Å²) < 4.78 is 17.6. The van der Waals surface area contributed by atoms with Crippen LogP contribution in [0.25, 0.3) is 16.6 Å². The zero-order valence-electron chi connectivity index (χ0n) is 15.4. The largest absolute Gasteiger partial charge is 0.497 e. The van der Waals surface area contributed by atoms with Gasteiger partial charge in [0.25, 0.3) is 5.56 Å². The molecular weight excluding hydrogens is 332 g/mol. The molecule has 26 heavy (non-hydrogen) atoms. The Morgan fingerprint density at radius 3 is 2.23 bits per heavy atom. The van der Waals surface area contributed by atoms with E-state index in [0.29, 0.717) is 34.6 Å². The Labute approximate surface area is 152 Å². The first kappa shape index (κ1) is 17.8. The third-order valence-electron chi connectivity index (χ3n) is 4.24. The highest BCUT2D eigenvalue weighted by atomic mass is 16.5. The number of rotatable bonds is 6. The summed E-state index contributed by atoms with van der Waals surface area (Å²) in [5, 5.41) is 0.434. The van der Waals surface area contributed by atoms with Gasteiger partial charge in [0.1, 0.15) is 28.5 Å². The molecule has 6 nitrogen and oxygen atoms in total.